The standard InChI is InChI=1S/C6H6Cl2N6/c7-4-3(1-11-5(8)13-4)2-12-14-6(9)10/h1-2H,(H4,9,10,14). The van der Waals surface area contributed by atoms with Gasteiger partial charge in [-0.3, -0.25) is 0 Å². The van der Waals surface area contributed by atoms with Gasteiger partial charge in [0.25, 0.3) is 0 Å². The van der Waals surface area contributed by atoms with E-state index in [2.05, 4.69) is 20.2 Å². The van der Waals surface area contributed by atoms with Crippen molar-refractivity contribution in [2.24, 2.45) is 21.7 Å². The molecule has 0 aliphatic heterocycles. The van der Waals surface area contributed by atoms with Gasteiger partial charge in [0.15, 0.2) is 0 Å². The van der Waals surface area contributed by atoms with Crippen molar-refractivity contribution >= 4 is 35.4 Å². The Morgan fingerprint density at radius 2 is 2.14 bits per heavy atom. The molecule has 74 valence electrons. The molecule has 1 aromatic heterocycles. The molecule has 0 saturated carbocycles. The lowest BCUT2D eigenvalue weighted by molar-refractivity contribution is 1.15. The molecular weight excluding hydrogens is 227 g/mol. The summed E-state index contributed by atoms with van der Waals surface area (Å²) in [5.74, 6) is -0.146. The van der Waals surface area contributed by atoms with Crippen molar-refractivity contribution < 1.29 is 0 Å². The molecular formula is C6H6Cl2N6. The SMILES string of the molecule is NC(N)=NN=Cc1cnc(Cl)nc1Cl. The predicted molar refractivity (Wildman–Crippen MR) is 55.5 cm³/mol. The maximum atomic E-state index is 5.71. The first-order valence-electron chi connectivity index (χ1n) is 3.39. The van der Waals surface area contributed by atoms with E-state index in [-0.39, 0.29) is 16.4 Å². The molecule has 1 rings (SSSR count). The van der Waals surface area contributed by atoms with Crippen molar-refractivity contribution in [3.63, 3.8) is 0 Å². The number of hydrogen-bond acceptors (Lipinski definition) is 4. The number of nitrogens with two attached hydrogens (primary N) is 2. The highest BCUT2D eigenvalue weighted by Gasteiger charge is 2.00. The smallest absolute Gasteiger partial charge is 0.223 e. The highest BCUT2D eigenvalue weighted by Crippen LogP contribution is 2.11. The average Bonchev–Trinajstić information content (AvgIpc) is 2.08. The summed E-state index contributed by atoms with van der Waals surface area (Å²) >= 11 is 11.2. The summed E-state index contributed by atoms with van der Waals surface area (Å²) in [4.78, 5) is 7.39. The quantitative estimate of drug-likeness (QED) is 0.253. The number of guanidine groups is 1. The Hall–Kier alpha value is -1.40. The van der Waals surface area contributed by atoms with Crippen LogP contribution in [-0.2, 0) is 0 Å². The minimum Gasteiger partial charge on any atom is -0.369 e. The molecule has 0 spiro atoms. The van der Waals surface area contributed by atoms with Crippen molar-refractivity contribution in [3.05, 3.63) is 22.2 Å². The normalized spacial score (nSPS) is 10.4. The molecule has 1 heterocycles. The zero-order valence-electron chi connectivity index (χ0n) is 6.85. The van der Waals surface area contributed by atoms with Crippen molar-refractivity contribution in [2.45, 2.75) is 0 Å². The molecule has 0 radical (unpaired) electrons. The highest BCUT2D eigenvalue weighted by molar-refractivity contribution is 6.33. The molecule has 0 fully saturated rings. The second kappa shape index (κ2) is 4.73. The van der Waals surface area contributed by atoms with Crippen molar-refractivity contribution in [3.8, 4) is 0 Å². The number of aromatic nitrogens is 2. The summed E-state index contributed by atoms with van der Waals surface area (Å²) in [5, 5.41) is 7.16. The van der Waals surface area contributed by atoms with Gasteiger partial charge >= 0.3 is 0 Å². The first-order valence-corrected chi connectivity index (χ1v) is 4.15. The van der Waals surface area contributed by atoms with E-state index in [0.717, 1.165) is 0 Å². The monoisotopic (exact) mass is 232 g/mol. The van der Waals surface area contributed by atoms with Crippen LogP contribution < -0.4 is 11.5 Å². The third-order valence-corrected chi connectivity index (χ3v) is 1.59. The summed E-state index contributed by atoms with van der Waals surface area (Å²) in [6.07, 6.45) is 2.72. The Morgan fingerprint density at radius 3 is 2.71 bits per heavy atom. The van der Waals surface area contributed by atoms with E-state index in [1.54, 1.807) is 0 Å². The van der Waals surface area contributed by atoms with Crippen molar-refractivity contribution in [1.29, 1.82) is 0 Å². The van der Waals surface area contributed by atoms with Gasteiger partial charge in [-0.2, -0.15) is 5.10 Å². The fraction of sp³-hybridized carbons (Fsp3) is 0. The van der Waals surface area contributed by atoms with Gasteiger partial charge in [0.05, 0.1) is 11.8 Å². The van der Waals surface area contributed by atoms with Gasteiger partial charge in [0, 0.05) is 6.20 Å². The molecule has 0 saturated heterocycles. The molecule has 0 amide bonds. The van der Waals surface area contributed by atoms with Crippen LogP contribution in [0.1, 0.15) is 5.56 Å². The molecule has 1 aromatic rings. The molecule has 4 N–H and O–H groups in total. The van der Waals surface area contributed by atoms with Crippen LogP contribution in [0, 0.1) is 0 Å². The first-order chi connectivity index (χ1) is 6.59. The minimum atomic E-state index is -0.146. The Bertz CT molecular complexity index is 384. The van der Waals surface area contributed by atoms with E-state index in [9.17, 15) is 0 Å². The largest absolute Gasteiger partial charge is 0.369 e. The summed E-state index contributed by atoms with van der Waals surface area (Å²) in [6, 6.07) is 0. The third-order valence-electron chi connectivity index (χ3n) is 1.11. The first kappa shape index (κ1) is 10.7. The van der Waals surface area contributed by atoms with Crippen LogP contribution in [-0.4, -0.2) is 22.1 Å². The Morgan fingerprint density at radius 1 is 1.43 bits per heavy atom. The second-order valence-corrected chi connectivity index (χ2v) is 2.85. The number of halogens is 2. The maximum Gasteiger partial charge on any atom is 0.223 e. The molecule has 8 heteroatoms. The zero-order chi connectivity index (χ0) is 10.6. The average molecular weight is 233 g/mol. The van der Waals surface area contributed by atoms with Crippen LogP contribution in [0.3, 0.4) is 0 Å². The minimum absolute atomic E-state index is 0.0639. The number of rotatable bonds is 2. The van der Waals surface area contributed by atoms with E-state index in [1.807, 2.05) is 0 Å². The number of hydrogen-bond donors (Lipinski definition) is 2. The van der Waals surface area contributed by atoms with Gasteiger partial charge in [0.1, 0.15) is 5.15 Å². The van der Waals surface area contributed by atoms with Gasteiger partial charge in [-0.05, 0) is 11.6 Å². The molecule has 6 nitrogen and oxygen atoms in total. The lowest BCUT2D eigenvalue weighted by atomic mass is 10.4. The van der Waals surface area contributed by atoms with E-state index in [0.29, 0.717) is 5.56 Å². The second-order valence-electron chi connectivity index (χ2n) is 2.15. The van der Waals surface area contributed by atoms with Crippen LogP contribution in [0.4, 0.5) is 0 Å². The molecule has 14 heavy (non-hydrogen) atoms. The van der Waals surface area contributed by atoms with E-state index < -0.39 is 0 Å². The summed E-state index contributed by atoms with van der Waals surface area (Å²) in [5.41, 5.74) is 10.6. The topological polar surface area (TPSA) is 103 Å². The Labute approximate surface area is 89.6 Å². The molecule has 0 atom stereocenters. The summed E-state index contributed by atoms with van der Waals surface area (Å²) < 4.78 is 0. The highest BCUT2D eigenvalue weighted by atomic mass is 35.5. The van der Waals surface area contributed by atoms with Crippen LogP contribution in [0.5, 0.6) is 0 Å². The number of nitrogens with zero attached hydrogens (tertiary/aromatic N) is 4. The van der Waals surface area contributed by atoms with Gasteiger partial charge in [0.2, 0.25) is 11.2 Å². The van der Waals surface area contributed by atoms with E-state index in [4.69, 9.17) is 34.7 Å². The van der Waals surface area contributed by atoms with Crippen LogP contribution in [0.25, 0.3) is 0 Å². The van der Waals surface area contributed by atoms with E-state index >= 15 is 0 Å². The van der Waals surface area contributed by atoms with Crippen molar-refractivity contribution in [1.82, 2.24) is 9.97 Å². The van der Waals surface area contributed by atoms with Crippen LogP contribution in [0.15, 0.2) is 16.4 Å². The summed E-state index contributed by atoms with van der Waals surface area (Å²) in [7, 11) is 0. The molecule has 0 aromatic carbocycles. The van der Waals surface area contributed by atoms with Gasteiger partial charge in [-0.25, -0.2) is 9.97 Å². The Kier molecular flexibility index (Phi) is 3.61. The summed E-state index contributed by atoms with van der Waals surface area (Å²) in [6.45, 7) is 0. The lowest BCUT2D eigenvalue weighted by Crippen LogP contribution is -2.21. The van der Waals surface area contributed by atoms with E-state index in [1.165, 1.54) is 12.4 Å². The van der Waals surface area contributed by atoms with Gasteiger partial charge < -0.3 is 11.5 Å². The van der Waals surface area contributed by atoms with Gasteiger partial charge in [-0.1, -0.05) is 11.6 Å². The third kappa shape index (κ3) is 3.15. The maximum absolute atomic E-state index is 5.71. The fourth-order valence-electron chi connectivity index (χ4n) is 0.595. The molecule has 0 unspecified atom stereocenters. The Balaban J connectivity index is 2.87. The van der Waals surface area contributed by atoms with Crippen molar-refractivity contribution in [2.75, 3.05) is 0 Å². The van der Waals surface area contributed by atoms with Gasteiger partial charge in [-0.15, -0.1) is 5.10 Å². The molecule has 0 bridgehead atoms. The predicted octanol–water partition coefficient (Wildman–Crippen LogP) is 0.391. The fourth-order valence-corrected chi connectivity index (χ4v) is 0.949. The van der Waals surface area contributed by atoms with Crippen LogP contribution in [0.2, 0.25) is 10.4 Å². The van der Waals surface area contributed by atoms with Crippen LogP contribution >= 0.6 is 23.2 Å². The zero-order valence-corrected chi connectivity index (χ0v) is 8.37. The molecule has 0 aliphatic rings. The molecule has 0 aliphatic carbocycles. The lowest BCUT2D eigenvalue weighted by Gasteiger charge is -1.94.